The van der Waals surface area contributed by atoms with Gasteiger partial charge in [0.05, 0.1) is 0 Å². The lowest BCUT2D eigenvalue weighted by Gasteiger charge is -1.79. The summed E-state index contributed by atoms with van der Waals surface area (Å²) < 4.78 is 0.777. The van der Waals surface area contributed by atoms with Crippen LogP contribution in [0.3, 0.4) is 0 Å². The minimum Gasteiger partial charge on any atom is -0.270 e. The summed E-state index contributed by atoms with van der Waals surface area (Å²) in [7, 11) is 0. The second-order valence-electron chi connectivity index (χ2n) is 1.62. The predicted molar refractivity (Wildman–Crippen MR) is 35.7 cm³/mol. The van der Waals surface area contributed by atoms with Gasteiger partial charge in [0.25, 0.3) is 0 Å². The summed E-state index contributed by atoms with van der Waals surface area (Å²) in [5, 5.41) is 14.7. The van der Waals surface area contributed by atoms with Crippen LogP contribution in [-0.4, -0.2) is 10.2 Å². The van der Waals surface area contributed by atoms with Gasteiger partial charge in [-0.2, -0.15) is 10.4 Å². The fourth-order valence-corrected chi connectivity index (χ4v) is 0.762. The molecule has 0 bridgehead atoms. The predicted octanol–water partition coefficient (Wildman–Crippen LogP) is 1.35. The van der Waals surface area contributed by atoms with Crippen LogP contribution in [0, 0.1) is 18.3 Å². The molecule has 46 valence electrons. The Hall–Kier alpha value is -0.820. The smallest absolute Gasteiger partial charge is 0.166 e. The first-order valence-corrected chi connectivity index (χ1v) is 3.15. The van der Waals surface area contributed by atoms with Crippen LogP contribution in [0.4, 0.5) is 0 Å². The van der Waals surface area contributed by atoms with Crippen LogP contribution in [0.5, 0.6) is 0 Å². The number of rotatable bonds is 0. The first-order chi connectivity index (χ1) is 4.25. The van der Waals surface area contributed by atoms with Gasteiger partial charge < -0.3 is 0 Å². The third-order valence-corrected chi connectivity index (χ3v) is 1.83. The molecule has 0 saturated carbocycles. The highest BCUT2D eigenvalue weighted by molar-refractivity contribution is 9.10. The van der Waals surface area contributed by atoms with Crippen molar-refractivity contribution in [3.63, 3.8) is 0 Å². The lowest BCUT2D eigenvalue weighted by atomic mass is 10.3. The van der Waals surface area contributed by atoms with Crippen molar-refractivity contribution in [3.8, 4) is 6.07 Å². The van der Waals surface area contributed by atoms with Gasteiger partial charge in [-0.3, -0.25) is 5.10 Å². The highest BCUT2D eigenvalue weighted by Gasteiger charge is 2.03. The molecule has 0 radical (unpaired) electrons. The van der Waals surface area contributed by atoms with Crippen molar-refractivity contribution in [2.45, 2.75) is 6.92 Å². The van der Waals surface area contributed by atoms with Crippen LogP contribution in [0.2, 0.25) is 0 Å². The zero-order chi connectivity index (χ0) is 6.85. The first-order valence-electron chi connectivity index (χ1n) is 2.36. The van der Waals surface area contributed by atoms with Gasteiger partial charge in [0, 0.05) is 5.56 Å². The molecule has 1 rings (SSSR count). The van der Waals surface area contributed by atoms with Crippen molar-refractivity contribution in [1.82, 2.24) is 10.2 Å². The minimum absolute atomic E-state index is 0.446. The van der Waals surface area contributed by atoms with E-state index in [0.717, 1.165) is 10.2 Å². The van der Waals surface area contributed by atoms with Gasteiger partial charge in [0.15, 0.2) is 5.69 Å². The maximum atomic E-state index is 8.38. The van der Waals surface area contributed by atoms with E-state index in [9.17, 15) is 0 Å². The molecule has 0 aliphatic heterocycles. The van der Waals surface area contributed by atoms with E-state index in [1.807, 2.05) is 13.0 Å². The first kappa shape index (κ1) is 6.30. The molecule has 0 spiro atoms. The van der Waals surface area contributed by atoms with Crippen LogP contribution in [0.25, 0.3) is 0 Å². The molecule has 0 aromatic carbocycles. The Kier molecular flexibility index (Phi) is 1.54. The number of nitriles is 1. The van der Waals surface area contributed by atoms with E-state index in [4.69, 9.17) is 5.26 Å². The zero-order valence-electron chi connectivity index (χ0n) is 4.77. The van der Waals surface area contributed by atoms with Crippen LogP contribution in [0.15, 0.2) is 4.60 Å². The highest BCUT2D eigenvalue weighted by Crippen LogP contribution is 2.13. The van der Waals surface area contributed by atoms with Crippen LogP contribution in [0.1, 0.15) is 11.3 Å². The molecule has 9 heavy (non-hydrogen) atoms. The monoisotopic (exact) mass is 185 g/mol. The molecular formula is C5H4BrN3. The van der Waals surface area contributed by atoms with E-state index in [0.29, 0.717) is 5.69 Å². The van der Waals surface area contributed by atoms with Gasteiger partial charge in [-0.15, -0.1) is 0 Å². The van der Waals surface area contributed by atoms with E-state index < -0.39 is 0 Å². The SMILES string of the molecule is Cc1c(C#N)n[nH]c1Br. The largest absolute Gasteiger partial charge is 0.270 e. The Labute approximate surface area is 60.8 Å². The maximum absolute atomic E-state index is 8.38. The lowest BCUT2D eigenvalue weighted by Crippen LogP contribution is -1.74. The summed E-state index contributed by atoms with van der Waals surface area (Å²) in [6, 6.07) is 1.94. The van der Waals surface area contributed by atoms with Crippen molar-refractivity contribution >= 4 is 15.9 Å². The molecule has 0 atom stereocenters. The maximum Gasteiger partial charge on any atom is 0.166 e. The van der Waals surface area contributed by atoms with Gasteiger partial charge in [-0.05, 0) is 22.9 Å². The molecule has 0 fully saturated rings. The van der Waals surface area contributed by atoms with E-state index in [1.54, 1.807) is 0 Å². The normalized spacial score (nSPS) is 9.00. The molecule has 1 aromatic rings. The second-order valence-corrected chi connectivity index (χ2v) is 2.42. The summed E-state index contributed by atoms with van der Waals surface area (Å²) in [4.78, 5) is 0. The van der Waals surface area contributed by atoms with E-state index in [-0.39, 0.29) is 0 Å². The molecule has 0 amide bonds. The number of hydrogen-bond acceptors (Lipinski definition) is 2. The number of nitrogens with zero attached hydrogens (tertiary/aromatic N) is 2. The number of hydrogen-bond donors (Lipinski definition) is 1. The zero-order valence-corrected chi connectivity index (χ0v) is 6.36. The Bertz CT molecular complexity index is 258. The molecule has 4 heteroatoms. The van der Waals surface area contributed by atoms with Crippen molar-refractivity contribution in [1.29, 1.82) is 5.26 Å². The van der Waals surface area contributed by atoms with E-state index in [1.165, 1.54) is 0 Å². The molecule has 0 saturated heterocycles. The summed E-state index contributed by atoms with van der Waals surface area (Å²) in [6.07, 6.45) is 0. The van der Waals surface area contributed by atoms with Gasteiger partial charge in [-0.25, -0.2) is 0 Å². The fourth-order valence-electron chi connectivity index (χ4n) is 0.485. The van der Waals surface area contributed by atoms with Crippen molar-refractivity contribution in [2.75, 3.05) is 0 Å². The molecule has 1 heterocycles. The average Bonchev–Trinajstić information content (AvgIpc) is 2.15. The quantitative estimate of drug-likeness (QED) is 0.664. The molecule has 0 unspecified atom stereocenters. The molecule has 0 aliphatic carbocycles. The Morgan fingerprint density at radius 3 is 2.67 bits per heavy atom. The molecule has 1 N–H and O–H groups in total. The van der Waals surface area contributed by atoms with Crippen molar-refractivity contribution < 1.29 is 0 Å². The van der Waals surface area contributed by atoms with Crippen molar-refractivity contribution in [2.24, 2.45) is 0 Å². The Morgan fingerprint density at radius 1 is 1.78 bits per heavy atom. The summed E-state index contributed by atoms with van der Waals surface area (Å²) in [6.45, 7) is 1.83. The molecule has 1 aromatic heterocycles. The second kappa shape index (κ2) is 2.19. The number of aromatic amines is 1. The fraction of sp³-hybridized carbons (Fsp3) is 0.200. The standard InChI is InChI=1S/C5H4BrN3/c1-3-4(2-7)8-9-5(3)6/h1H3,(H,8,9). The van der Waals surface area contributed by atoms with Gasteiger partial charge in [0.1, 0.15) is 10.7 Å². The summed E-state index contributed by atoms with van der Waals surface area (Å²) in [5.41, 5.74) is 1.30. The van der Waals surface area contributed by atoms with Gasteiger partial charge >= 0.3 is 0 Å². The average molecular weight is 186 g/mol. The van der Waals surface area contributed by atoms with Crippen LogP contribution >= 0.6 is 15.9 Å². The lowest BCUT2D eigenvalue weighted by molar-refractivity contribution is 1.05. The van der Waals surface area contributed by atoms with Crippen LogP contribution < -0.4 is 0 Å². The molecule has 0 aliphatic rings. The Balaban J connectivity index is 3.24. The number of aromatic nitrogens is 2. The number of nitrogens with one attached hydrogen (secondary N) is 1. The third-order valence-electron chi connectivity index (χ3n) is 1.06. The minimum atomic E-state index is 0.446. The topological polar surface area (TPSA) is 52.5 Å². The molecule has 3 nitrogen and oxygen atoms in total. The van der Waals surface area contributed by atoms with Gasteiger partial charge in [0.2, 0.25) is 0 Å². The van der Waals surface area contributed by atoms with Gasteiger partial charge in [-0.1, -0.05) is 0 Å². The highest BCUT2D eigenvalue weighted by atomic mass is 79.9. The van der Waals surface area contributed by atoms with Crippen LogP contribution in [-0.2, 0) is 0 Å². The van der Waals surface area contributed by atoms with E-state index >= 15 is 0 Å². The Morgan fingerprint density at radius 2 is 2.44 bits per heavy atom. The summed E-state index contributed by atoms with van der Waals surface area (Å²) >= 11 is 3.19. The third kappa shape index (κ3) is 0.958. The number of H-pyrrole nitrogens is 1. The number of halogens is 1. The summed E-state index contributed by atoms with van der Waals surface area (Å²) in [5.74, 6) is 0. The van der Waals surface area contributed by atoms with E-state index in [2.05, 4.69) is 26.1 Å². The van der Waals surface area contributed by atoms with Crippen molar-refractivity contribution in [3.05, 3.63) is 15.9 Å². The molecular weight excluding hydrogens is 182 g/mol.